The van der Waals surface area contributed by atoms with Crippen LogP contribution in [-0.2, 0) is 25.7 Å². The van der Waals surface area contributed by atoms with Gasteiger partial charge in [-0.05, 0) is 50.8 Å². The van der Waals surface area contributed by atoms with Crippen molar-refractivity contribution >= 4 is 18.5 Å². The van der Waals surface area contributed by atoms with Crippen LogP contribution in [0.3, 0.4) is 0 Å². The maximum Gasteiger partial charge on any atom is 0.408 e. The van der Waals surface area contributed by atoms with Gasteiger partial charge in [0.05, 0.1) is 14.2 Å². The molecule has 0 saturated heterocycles. The summed E-state index contributed by atoms with van der Waals surface area (Å²) in [6.07, 6.45) is -0.360. The molecule has 0 fully saturated rings. The number of benzene rings is 1. The maximum absolute atomic E-state index is 12.4. The fourth-order valence-corrected chi connectivity index (χ4v) is 2.57. The predicted octanol–water partition coefficient (Wildman–Crippen LogP) is 3.22. The molecule has 9 heteroatoms. The van der Waals surface area contributed by atoms with Crippen molar-refractivity contribution in [2.45, 2.75) is 59.3 Å². The number of amides is 1. The summed E-state index contributed by atoms with van der Waals surface area (Å²) in [4.78, 5) is 35.4. The van der Waals surface area contributed by atoms with Crippen LogP contribution in [0.15, 0.2) is 12.1 Å². The normalized spacial score (nSPS) is 12.0. The quantitative estimate of drug-likeness (QED) is 0.449. The average Bonchev–Trinajstić information content (AvgIpc) is 2.64. The lowest BCUT2D eigenvalue weighted by Crippen LogP contribution is -2.45. The highest BCUT2D eigenvalue weighted by atomic mass is 16.6. The van der Waals surface area contributed by atoms with E-state index in [0.29, 0.717) is 12.0 Å². The standard InChI is InChI=1S/C21H31NO8/c1-13(2)8-15(19(24)30-21(3,4)5)22-20(25)28-11-14-9-16(26-6)18(29-12-23)17(10-14)27-7/h9-10,12-13,15H,8,11H2,1-7H3,(H,22,25). The first-order valence-electron chi connectivity index (χ1n) is 9.52. The van der Waals surface area contributed by atoms with E-state index in [9.17, 15) is 14.4 Å². The Hall–Kier alpha value is -2.97. The van der Waals surface area contributed by atoms with Gasteiger partial charge in [-0.25, -0.2) is 9.59 Å². The zero-order valence-corrected chi connectivity index (χ0v) is 18.6. The Morgan fingerprint density at radius 3 is 2.10 bits per heavy atom. The van der Waals surface area contributed by atoms with E-state index in [0.717, 1.165) is 0 Å². The van der Waals surface area contributed by atoms with Crippen LogP contribution in [0, 0.1) is 5.92 Å². The fraction of sp³-hybridized carbons (Fsp3) is 0.571. The van der Waals surface area contributed by atoms with E-state index in [1.165, 1.54) is 14.2 Å². The lowest BCUT2D eigenvalue weighted by atomic mass is 10.0. The zero-order valence-electron chi connectivity index (χ0n) is 18.6. The van der Waals surface area contributed by atoms with Gasteiger partial charge in [-0.2, -0.15) is 0 Å². The molecule has 1 atom stereocenters. The number of hydrogen-bond acceptors (Lipinski definition) is 8. The fourth-order valence-electron chi connectivity index (χ4n) is 2.57. The maximum atomic E-state index is 12.4. The SMILES string of the molecule is COc1cc(COC(=O)NC(CC(C)C)C(=O)OC(C)(C)C)cc(OC)c1OC=O. The number of ether oxygens (including phenoxy) is 5. The molecule has 1 aromatic carbocycles. The predicted molar refractivity (Wildman–Crippen MR) is 109 cm³/mol. The smallest absolute Gasteiger partial charge is 0.408 e. The Bertz CT molecular complexity index is 714. The number of nitrogens with one attached hydrogen (secondary N) is 1. The first-order valence-corrected chi connectivity index (χ1v) is 9.52. The molecule has 1 unspecified atom stereocenters. The van der Waals surface area contributed by atoms with Gasteiger partial charge in [0, 0.05) is 0 Å². The molecule has 0 aromatic heterocycles. The second kappa shape index (κ2) is 11.3. The van der Waals surface area contributed by atoms with Gasteiger partial charge in [-0.15, -0.1) is 0 Å². The summed E-state index contributed by atoms with van der Waals surface area (Å²) in [5, 5.41) is 2.56. The Kier molecular flexibility index (Phi) is 9.42. The summed E-state index contributed by atoms with van der Waals surface area (Å²) in [5.41, 5.74) is -0.133. The molecule has 9 nitrogen and oxygen atoms in total. The minimum Gasteiger partial charge on any atom is -0.493 e. The van der Waals surface area contributed by atoms with Crippen LogP contribution in [-0.4, -0.2) is 44.4 Å². The highest BCUT2D eigenvalue weighted by molar-refractivity contribution is 5.81. The van der Waals surface area contributed by atoms with Gasteiger partial charge in [0.25, 0.3) is 6.47 Å². The van der Waals surface area contributed by atoms with Crippen molar-refractivity contribution in [1.29, 1.82) is 0 Å². The largest absolute Gasteiger partial charge is 0.493 e. The van der Waals surface area contributed by atoms with Crippen molar-refractivity contribution in [2.24, 2.45) is 5.92 Å². The average molecular weight is 425 g/mol. The summed E-state index contributed by atoms with van der Waals surface area (Å²) < 4.78 is 25.9. The molecule has 0 radical (unpaired) electrons. The second-order valence-electron chi connectivity index (χ2n) is 7.98. The Morgan fingerprint density at radius 1 is 1.10 bits per heavy atom. The zero-order chi connectivity index (χ0) is 22.9. The number of carbonyl (C=O) groups is 3. The number of carbonyl (C=O) groups excluding carboxylic acids is 3. The topological polar surface area (TPSA) is 109 Å². The number of methoxy groups -OCH3 is 2. The molecule has 0 aliphatic carbocycles. The third-order valence-corrected chi connectivity index (χ3v) is 3.75. The molecular weight excluding hydrogens is 394 g/mol. The molecule has 0 aliphatic rings. The van der Waals surface area contributed by atoms with Crippen LogP contribution in [0.1, 0.15) is 46.6 Å². The monoisotopic (exact) mass is 425 g/mol. The van der Waals surface area contributed by atoms with Crippen LogP contribution in [0.2, 0.25) is 0 Å². The van der Waals surface area contributed by atoms with Crippen LogP contribution < -0.4 is 19.5 Å². The minimum absolute atomic E-state index is 0.116. The van der Waals surface area contributed by atoms with Gasteiger partial charge >= 0.3 is 12.1 Å². The molecule has 0 aliphatic heterocycles. The van der Waals surface area contributed by atoms with Crippen molar-refractivity contribution in [2.75, 3.05) is 14.2 Å². The van der Waals surface area contributed by atoms with Crippen LogP contribution in [0.5, 0.6) is 17.2 Å². The van der Waals surface area contributed by atoms with E-state index in [4.69, 9.17) is 23.7 Å². The van der Waals surface area contributed by atoms with Gasteiger partial charge in [0.2, 0.25) is 5.75 Å². The second-order valence-corrected chi connectivity index (χ2v) is 7.98. The van der Waals surface area contributed by atoms with Crippen LogP contribution >= 0.6 is 0 Å². The molecule has 0 saturated carbocycles. The van der Waals surface area contributed by atoms with Crippen molar-refractivity contribution in [1.82, 2.24) is 5.32 Å². The molecule has 0 bridgehead atoms. The van der Waals surface area contributed by atoms with Crippen molar-refractivity contribution < 1.29 is 38.1 Å². The first kappa shape index (κ1) is 25.1. The number of esters is 1. The van der Waals surface area contributed by atoms with Crippen molar-refractivity contribution in [3.8, 4) is 17.2 Å². The van der Waals surface area contributed by atoms with Gasteiger partial charge in [0.1, 0.15) is 18.2 Å². The Morgan fingerprint density at radius 2 is 1.67 bits per heavy atom. The highest BCUT2D eigenvalue weighted by Crippen LogP contribution is 2.38. The molecule has 1 rings (SSSR count). The molecular formula is C21H31NO8. The molecule has 1 amide bonds. The highest BCUT2D eigenvalue weighted by Gasteiger charge is 2.28. The van der Waals surface area contributed by atoms with E-state index in [-0.39, 0.29) is 36.2 Å². The van der Waals surface area contributed by atoms with E-state index in [2.05, 4.69) is 5.32 Å². The van der Waals surface area contributed by atoms with Crippen molar-refractivity contribution in [3.05, 3.63) is 17.7 Å². The molecule has 0 heterocycles. The van der Waals surface area contributed by atoms with Gasteiger partial charge in [0.15, 0.2) is 11.5 Å². The van der Waals surface area contributed by atoms with E-state index in [1.807, 2.05) is 13.8 Å². The Balaban J connectivity index is 2.86. The Labute approximate surface area is 177 Å². The number of alkyl carbamates (subject to hydrolysis) is 1. The molecule has 1 N–H and O–H groups in total. The van der Waals surface area contributed by atoms with E-state index >= 15 is 0 Å². The third-order valence-electron chi connectivity index (χ3n) is 3.75. The summed E-state index contributed by atoms with van der Waals surface area (Å²) in [5.74, 6) is 0.234. The summed E-state index contributed by atoms with van der Waals surface area (Å²) >= 11 is 0. The summed E-state index contributed by atoms with van der Waals surface area (Å²) in [6.45, 7) is 9.28. The van der Waals surface area contributed by atoms with Crippen LogP contribution in [0.4, 0.5) is 4.79 Å². The van der Waals surface area contributed by atoms with Crippen molar-refractivity contribution in [3.63, 3.8) is 0 Å². The third kappa shape index (κ3) is 8.18. The molecule has 0 spiro atoms. The summed E-state index contributed by atoms with van der Waals surface area (Å²) in [7, 11) is 2.81. The number of rotatable bonds is 10. The van der Waals surface area contributed by atoms with E-state index < -0.39 is 23.7 Å². The number of hydrogen-bond donors (Lipinski definition) is 1. The lowest BCUT2D eigenvalue weighted by Gasteiger charge is -2.25. The van der Waals surface area contributed by atoms with Crippen LogP contribution in [0.25, 0.3) is 0 Å². The lowest BCUT2D eigenvalue weighted by molar-refractivity contribution is -0.157. The van der Waals surface area contributed by atoms with Gasteiger partial charge in [-0.1, -0.05) is 13.8 Å². The summed E-state index contributed by atoms with van der Waals surface area (Å²) in [6, 6.07) is 2.27. The molecule has 30 heavy (non-hydrogen) atoms. The molecule has 168 valence electrons. The van der Waals surface area contributed by atoms with E-state index in [1.54, 1.807) is 32.9 Å². The first-order chi connectivity index (χ1) is 14.0. The van der Waals surface area contributed by atoms with Gasteiger partial charge < -0.3 is 29.0 Å². The molecule has 1 aromatic rings. The minimum atomic E-state index is -0.829. The van der Waals surface area contributed by atoms with Gasteiger partial charge in [-0.3, -0.25) is 4.79 Å².